The summed E-state index contributed by atoms with van der Waals surface area (Å²) in [6.07, 6.45) is 0. The fourth-order valence-corrected chi connectivity index (χ4v) is 0.930. The van der Waals surface area contributed by atoms with Crippen molar-refractivity contribution >= 4 is 5.69 Å². The van der Waals surface area contributed by atoms with Crippen molar-refractivity contribution in [1.82, 2.24) is 0 Å². The summed E-state index contributed by atoms with van der Waals surface area (Å²) in [5.74, 6) is 0.204. The first-order valence-electron chi connectivity index (χ1n) is 3.70. The van der Waals surface area contributed by atoms with Crippen molar-refractivity contribution in [3.05, 3.63) is 29.8 Å². The van der Waals surface area contributed by atoms with Gasteiger partial charge in [0, 0.05) is 18.2 Å². The van der Waals surface area contributed by atoms with Gasteiger partial charge >= 0.3 is 0 Å². The SMILES string of the molecule is C[C@@H](CO)c1ccc(N)cc1. The quantitative estimate of drug-likeness (QED) is 0.627. The highest BCUT2D eigenvalue weighted by molar-refractivity contribution is 5.40. The Morgan fingerprint density at radius 3 is 2.36 bits per heavy atom. The topological polar surface area (TPSA) is 46.2 Å². The van der Waals surface area contributed by atoms with Gasteiger partial charge in [0.25, 0.3) is 0 Å². The first-order valence-corrected chi connectivity index (χ1v) is 3.70. The number of hydrogen-bond acceptors (Lipinski definition) is 2. The highest BCUT2D eigenvalue weighted by Gasteiger charge is 2.01. The van der Waals surface area contributed by atoms with E-state index >= 15 is 0 Å². The van der Waals surface area contributed by atoms with Crippen molar-refractivity contribution in [2.75, 3.05) is 12.3 Å². The molecule has 2 nitrogen and oxygen atoms in total. The number of nitrogen functional groups attached to an aromatic ring is 1. The molecule has 1 aromatic rings. The highest BCUT2D eigenvalue weighted by Crippen LogP contribution is 2.15. The molecule has 0 amide bonds. The molecule has 11 heavy (non-hydrogen) atoms. The Bertz CT molecular complexity index is 218. The average molecular weight is 151 g/mol. The van der Waals surface area contributed by atoms with E-state index in [1.54, 1.807) is 0 Å². The summed E-state index contributed by atoms with van der Waals surface area (Å²) in [6, 6.07) is 7.58. The summed E-state index contributed by atoms with van der Waals surface area (Å²) >= 11 is 0. The van der Waals surface area contributed by atoms with E-state index in [1.807, 2.05) is 31.2 Å². The molecule has 0 aliphatic rings. The van der Waals surface area contributed by atoms with Crippen molar-refractivity contribution in [2.24, 2.45) is 0 Å². The van der Waals surface area contributed by atoms with Crippen LogP contribution in [0.2, 0.25) is 0 Å². The second-order valence-corrected chi connectivity index (χ2v) is 2.75. The number of hydrogen-bond donors (Lipinski definition) is 2. The minimum absolute atomic E-state index is 0.184. The van der Waals surface area contributed by atoms with Gasteiger partial charge in [-0.2, -0.15) is 0 Å². The van der Waals surface area contributed by atoms with Crippen LogP contribution in [-0.4, -0.2) is 11.7 Å². The van der Waals surface area contributed by atoms with Crippen molar-refractivity contribution in [3.8, 4) is 0 Å². The van der Waals surface area contributed by atoms with Crippen LogP contribution in [0.1, 0.15) is 18.4 Å². The Morgan fingerprint density at radius 1 is 1.36 bits per heavy atom. The maximum Gasteiger partial charge on any atom is 0.0497 e. The number of rotatable bonds is 2. The summed E-state index contributed by atoms with van der Waals surface area (Å²) in [7, 11) is 0. The fraction of sp³-hybridized carbons (Fsp3) is 0.333. The zero-order valence-electron chi connectivity index (χ0n) is 6.62. The molecule has 1 aromatic carbocycles. The van der Waals surface area contributed by atoms with Crippen molar-refractivity contribution in [2.45, 2.75) is 12.8 Å². The molecule has 2 heteroatoms. The van der Waals surface area contributed by atoms with Gasteiger partial charge in [0.2, 0.25) is 0 Å². The lowest BCUT2D eigenvalue weighted by molar-refractivity contribution is 0.273. The molecule has 0 spiro atoms. The lowest BCUT2D eigenvalue weighted by Gasteiger charge is -2.07. The third kappa shape index (κ3) is 1.95. The molecule has 0 radical (unpaired) electrons. The summed E-state index contributed by atoms with van der Waals surface area (Å²) < 4.78 is 0. The van der Waals surface area contributed by atoms with Gasteiger partial charge in [0.1, 0.15) is 0 Å². The second-order valence-electron chi connectivity index (χ2n) is 2.75. The van der Waals surface area contributed by atoms with Crippen LogP contribution in [0.3, 0.4) is 0 Å². The van der Waals surface area contributed by atoms with Gasteiger partial charge in [-0.15, -0.1) is 0 Å². The zero-order chi connectivity index (χ0) is 8.27. The predicted molar refractivity (Wildman–Crippen MR) is 46.4 cm³/mol. The number of nitrogens with two attached hydrogens (primary N) is 1. The maximum atomic E-state index is 8.83. The molecule has 3 N–H and O–H groups in total. The van der Waals surface area contributed by atoms with Crippen LogP contribution >= 0.6 is 0 Å². The lowest BCUT2D eigenvalue weighted by Crippen LogP contribution is -1.98. The monoisotopic (exact) mass is 151 g/mol. The van der Waals surface area contributed by atoms with E-state index in [1.165, 1.54) is 0 Å². The molecule has 0 heterocycles. The van der Waals surface area contributed by atoms with E-state index in [4.69, 9.17) is 10.8 Å². The van der Waals surface area contributed by atoms with Gasteiger partial charge in [-0.05, 0) is 17.7 Å². The van der Waals surface area contributed by atoms with Crippen molar-refractivity contribution in [1.29, 1.82) is 0 Å². The highest BCUT2D eigenvalue weighted by atomic mass is 16.3. The minimum atomic E-state index is 0.184. The largest absolute Gasteiger partial charge is 0.399 e. The first-order chi connectivity index (χ1) is 5.24. The molecular weight excluding hydrogens is 138 g/mol. The van der Waals surface area contributed by atoms with E-state index in [2.05, 4.69) is 0 Å². The van der Waals surface area contributed by atoms with Crippen LogP contribution in [-0.2, 0) is 0 Å². The molecule has 0 unspecified atom stereocenters. The summed E-state index contributed by atoms with van der Waals surface area (Å²) in [6.45, 7) is 2.16. The van der Waals surface area contributed by atoms with Gasteiger partial charge in [0.05, 0.1) is 0 Å². The van der Waals surface area contributed by atoms with E-state index in [0.29, 0.717) is 0 Å². The van der Waals surface area contributed by atoms with E-state index in [9.17, 15) is 0 Å². The summed E-state index contributed by atoms with van der Waals surface area (Å²) in [5, 5.41) is 8.83. The Balaban J connectivity index is 2.81. The standard InChI is InChI=1S/C9H13NO/c1-7(6-11)8-2-4-9(10)5-3-8/h2-5,7,11H,6,10H2,1H3/t7-/m0/s1. The molecule has 60 valence electrons. The Morgan fingerprint density at radius 2 is 1.91 bits per heavy atom. The van der Waals surface area contributed by atoms with Gasteiger partial charge in [-0.25, -0.2) is 0 Å². The Labute approximate surface area is 66.7 Å². The average Bonchev–Trinajstić information content (AvgIpc) is 2.05. The van der Waals surface area contributed by atoms with E-state index < -0.39 is 0 Å². The Hall–Kier alpha value is -1.02. The number of aliphatic hydroxyl groups excluding tert-OH is 1. The van der Waals surface area contributed by atoms with Gasteiger partial charge < -0.3 is 10.8 Å². The molecule has 0 aliphatic carbocycles. The van der Waals surface area contributed by atoms with E-state index in [0.717, 1.165) is 11.3 Å². The van der Waals surface area contributed by atoms with Crippen LogP contribution in [0, 0.1) is 0 Å². The van der Waals surface area contributed by atoms with Crippen LogP contribution in [0.5, 0.6) is 0 Å². The van der Waals surface area contributed by atoms with Crippen LogP contribution < -0.4 is 5.73 Å². The normalized spacial score (nSPS) is 12.9. The van der Waals surface area contributed by atoms with Crippen LogP contribution in [0.25, 0.3) is 0 Å². The van der Waals surface area contributed by atoms with Crippen molar-refractivity contribution in [3.63, 3.8) is 0 Å². The van der Waals surface area contributed by atoms with E-state index in [-0.39, 0.29) is 12.5 Å². The maximum absolute atomic E-state index is 8.83. The van der Waals surface area contributed by atoms with Crippen LogP contribution in [0.15, 0.2) is 24.3 Å². The Kier molecular flexibility index (Phi) is 2.49. The molecule has 1 atom stereocenters. The first kappa shape index (κ1) is 8.08. The van der Waals surface area contributed by atoms with Gasteiger partial charge in [-0.3, -0.25) is 0 Å². The molecule has 0 saturated heterocycles. The second kappa shape index (κ2) is 3.39. The van der Waals surface area contributed by atoms with Crippen molar-refractivity contribution < 1.29 is 5.11 Å². The number of anilines is 1. The minimum Gasteiger partial charge on any atom is -0.399 e. The number of benzene rings is 1. The predicted octanol–water partition coefficient (Wildman–Crippen LogP) is 1.36. The van der Waals surface area contributed by atoms with Gasteiger partial charge in [-0.1, -0.05) is 19.1 Å². The molecule has 0 fully saturated rings. The third-order valence-electron chi connectivity index (χ3n) is 1.78. The third-order valence-corrected chi connectivity index (χ3v) is 1.78. The lowest BCUT2D eigenvalue weighted by atomic mass is 10.0. The number of aliphatic hydroxyl groups is 1. The summed E-state index contributed by atoms with van der Waals surface area (Å²) in [4.78, 5) is 0. The molecule has 0 aromatic heterocycles. The molecule has 1 rings (SSSR count). The molecule has 0 bridgehead atoms. The molecule has 0 saturated carbocycles. The van der Waals surface area contributed by atoms with Crippen LogP contribution in [0.4, 0.5) is 5.69 Å². The molecule has 0 aliphatic heterocycles. The fourth-order valence-electron chi connectivity index (χ4n) is 0.930. The van der Waals surface area contributed by atoms with Gasteiger partial charge in [0.15, 0.2) is 0 Å². The zero-order valence-corrected chi connectivity index (χ0v) is 6.62. The smallest absolute Gasteiger partial charge is 0.0497 e. The summed E-state index contributed by atoms with van der Waals surface area (Å²) in [5.41, 5.74) is 7.40. The molecular formula is C9H13NO.